The molecule has 1 atom stereocenters. The van der Waals surface area contributed by atoms with E-state index in [1.54, 1.807) is 17.2 Å². The molecule has 1 amide bonds. The smallest absolute Gasteiger partial charge is 0.291 e. The van der Waals surface area contributed by atoms with Crippen LogP contribution in [0.5, 0.6) is 5.75 Å². The molecule has 1 aliphatic heterocycles. The van der Waals surface area contributed by atoms with E-state index in [1.807, 2.05) is 63.2 Å². The first-order valence-corrected chi connectivity index (χ1v) is 10.6. The summed E-state index contributed by atoms with van der Waals surface area (Å²) in [5, 5.41) is 0.482. The minimum absolute atomic E-state index is 0.0937. The fourth-order valence-corrected chi connectivity index (χ4v) is 4.27. The highest BCUT2D eigenvalue weighted by molar-refractivity contribution is 5.99. The van der Waals surface area contributed by atoms with Crippen LogP contribution in [0.25, 0.3) is 11.0 Å². The zero-order chi connectivity index (χ0) is 22.4. The molecule has 1 unspecified atom stereocenters. The summed E-state index contributed by atoms with van der Waals surface area (Å²) in [5.74, 6) is 1.13. The van der Waals surface area contributed by atoms with Gasteiger partial charge in [-0.3, -0.25) is 9.59 Å². The summed E-state index contributed by atoms with van der Waals surface area (Å²) in [7, 11) is 0. The normalized spacial score (nSPS) is 15.4. The maximum atomic E-state index is 13.6. The van der Waals surface area contributed by atoms with Crippen LogP contribution in [0.3, 0.4) is 0 Å². The molecule has 162 valence electrons. The molecule has 0 N–H and O–H groups in total. The summed E-state index contributed by atoms with van der Waals surface area (Å²) in [6.45, 7) is 6.62. The first-order chi connectivity index (χ1) is 15.5. The number of aryl methyl sites for hydroxylation is 2. The average molecular weight is 429 g/mol. The van der Waals surface area contributed by atoms with Crippen molar-refractivity contribution in [2.24, 2.45) is 0 Å². The highest BCUT2D eigenvalue weighted by Gasteiger charge is 2.43. The van der Waals surface area contributed by atoms with E-state index in [9.17, 15) is 9.59 Å². The van der Waals surface area contributed by atoms with Crippen LogP contribution in [0.4, 0.5) is 0 Å². The number of nitrogens with zero attached hydrogens (tertiary/aromatic N) is 1. The van der Waals surface area contributed by atoms with Crippen molar-refractivity contribution in [1.29, 1.82) is 0 Å². The molecule has 0 radical (unpaired) electrons. The molecule has 0 fully saturated rings. The zero-order valence-electron chi connectivity index (χ0n) is 18.2. The van der Waals surface area contributed by atoms with Crippen molar-refractivity contribution in [3.05, 3.63) is 98.8 Å². The predicted molar refractivity (Wildman–Crippen MR) is 120 cm³/mol. The number of ether oxygens (including phenoxy) is 1. The Hall–Kier alpha value is -3.80. The maximum Gasteiger partial charge on any atom is 0.291 e. The summed E-state index contributed by atoms with van der Waals surface area (Å²) < 4.78 is 17.1. The number of rotatable bonds is 5. The van der Waals surface area contributed by atoms with E-state index in [0.717, 1.165) is 22.4 Å². The minimum Gasteiger partial charge on any atom is -0.494 e. The van der Waals surface area contributed by atoms with Gasteiger partial charge in [0, 0.05) is 0 Å². The molecular formula is C26H23NO5. The molecule has 32 heavy (non-hydrogen) atoms. The average Bonchev–Trinajstić information content (AvgIpc) is 3.39. The van der Waals surface area contributed by atoms with Crippen molar-refractivity contribution >= 4 is 16.9 Å². The van der Waals surface area contributed by atoms with E-state index >= 15 is 0 Å². The molecule has 0 aliphatic carbocycles. The largest absolute Gasteiger partial charge is 0.494 e. The van der Waals surface area contributed by atoms with Crippen LogP contribution < -0.4 is 10.2 Å². The summed E-state index contributed by atoms with van der Waals surface area (Å²) in [6, 6.07) is 14.1. The second kappa shape index (κ2) is 7.71. The first kappa shape index (κ1) is 20.1. The van der Waals surface area contributed by atoms with Gasteiger partial charge in [-0.15, -0.1) is 0 Å². The molecule has 2 aromatic carbocycles. The Labute approximate surface area is 185 Å². The zero-order valence-corrected chi connectivity index (χ0v) is 18.2. The van der Waals surface area contributed by atoms with E-state index in [1.165, 1.54) is 0 Å². The molecule has 5 rings (SSSR count). The van der Waals surface area contributed by atoms with Gasteiger partial charge in [-0.2, -0.15) is 0 Å². The maximum absolute atomic E-state index is 13.6. The number of hydrogen-bond acceptors (Lipinski definition) is 5. The Morgan fingerprint density at radius 3 is 2.47 bits per heavy atom. The van der Waals surface area contributed by atoms with Gasteiger partial charge in [0.1, 0.15) is 17.1 Å². The summed E-state index contributed by atoms with van der Waals surface area (Å²) in [5.41, 5.74) is 3.42. The number of benzene rings is 2. The molecule has 0 spiro atoms. The Morgan fingerprint density at radius 2 is 1.78 bits per heavy atom. The van der Waals surface area contributed by atoms with Crippen LogP contribution in [-0.2, 0) is 6.54 Å². The monoisotopic (exact) mass is 429 g/mol. The van der Waals surface area contributed by atoms with Gasteiger partial charge in [0.05, 0.1) is 36.4 Å². The number of amides is 1. The van der Waals surface area contributed by atoms with Gasteiger partial charge in [0.15, 0.2) is 5.43 Å². The Balaban J connectivity index is 1.71. The number of carbonyl (C=O) groups is 1. The van der Waals surface area contributed by atoms with Crippen molar-refractivity contribution in [2.45, 2.75) is 33.4 Å². The van der Waals surface area contributed by atoms with Gasteiger partial charge in [-0.1, -0.05) is 12.1 Å². The molecule has 6 nitrogen and oxygen atoms in total. The van der Waals surface area contributed by atoms with Crippen molar-refractivity contribution in [1.82, 2.24) is 4.90 Å². The van der Waals surface area contributed by atoms with E-state index in [0.29, 0.717) is 28.9 Å². The van der Waals surface area contributed by atoms with Crippen molar-refractivity contribution in [3.8, 4) is 5.75 Å². The van der Waals surface area contributed by atoms with Crippen LogP contribution in [0.1, 0.15) is 51.5 Å². The van der Waals surface area contributed by atoms with Crippen molar-refractivity contribution in [3.63, 3.8) is 0 Å². The van der Waals surface area contributed by atoms with Gasteiger partial charge in [-0.05, 0) is 73.9 Å². The lowest BCUT2D eigenvalue weighted by atomic mass is 9.97. The molecular weight excluding hydrogens is 406 g/mol. The molecule has 4 aromatic rings. The van der Waals surface area contributed by atoms with Crippen LogP contribution >= 0.6 is 0 Å². The Bertz CT molecular complexity index is 1370. The standard InChI is InChI=1S/C26H23NO5/c1-4-30-18-9-7-17(8-10-18)23-22-24(28)20-12-15(2)16(3)13-21(20)32-25(22)26(29)27(23)14-19-6-5-11-31-19/h5-13,23H,4,14H2,1-3H3. The molecule has 3 heterocycles. The Morgan fingerprint density at radius 1 is 1.03 bits per heavy atom. The Kier molecular flexibility index (Phi) is 4.85. The fraction of sp³-hybridized carbons (Fsp3) is 0.231. The first-order valence-electron chi connectivity index (χ1n) is 10.6. The summed E-state index contributed by atoms with van der Waals surface area (Å²) >= 11 is 0. The number of furan rings is 1. The second-order valence-corrected chi connectivity index (χ2v) is 8.02. The third-order valence-electron chi connectivity index (χ3n) is 6.00. The van der Waals surface area contributed by atoms with Gasteiger partial charge in [-0.25, -0.2) is 0 Å². The SMILES string of the molecule is CCOc1ccc(C2c3c(oc4cc(C)c(C)cc4c3=O)C(=O)N2Cc2ccco2)cc1. The number of fused-ring (bicyclic) bond motifs is 2. The quantitative estimate of drug-likeness (QED) is 0.439. The van der Waals surface area contributed by atoms with E-state index in [4.69, 9.17) is 13.6 Å². The van der Waals surface area contributed by atoms with Crippen LogP contribution in [0.2, 0.25) is 0 Å². The van der Waals surface area contributed by atoms with Crippen molar-refractivity contribution in [2.75, 3.05) is 6.61 Å². The molecule has 0 saturated carbocycles. The van der Waals surface area contributed by atoms with Crippen LogP contribution in [0, 0.1) is 13.8 Å². The van der Waals surface area contributed by atoms with E-state index in [-0.39, 0.29) is 23.6 Å². The van der Waals surface area contributed by atoms with Gasteiger partial charge < -0.3 is 18.5 Å². The third kappa shape index (κ3) is 3.19. The van der Waals surface area contributed by atoms with Crippen LogP contribution in [0.15, 0.2) is 68.4 Å². The second-order valence-electron chi connectivity index (χ2n) is 8.02. The topological polar surface area (TPSA) is 72.9 Å². The summed E-state index contributed by atoms with van der Waals surface area (Å²) in [4.78, 5) is 28.7. The highest BCUT2D eigenvalue weighted by atomic mass is 16.5. The lowest BCUT2D eigenvalue weighted by molar-refractivity contribution is 0.0701. The molecule has 6 heteroatoms. The fourth-order valence-electron chi connectivity index (χ4n) is 4.27. The van der Waals surface area contributed by atoms with Gasteiger partial charge in [0.25, 0.3) is 5.91 Å². The molecule has 0 saturated heterocycles. The summed E-state index contributed by atoms with van der Waals surface area (Å²) in [6.07, 6.45) is 1.57. The lowest BCUT2D eigenvalue weighted by Crippen LogP contribution is -2.29. The predicted octanol–water partition coefficient (Wildman–Crippen LogP) is 5.15. The minimum atomic E-state index is -0.583. The molecule has 0 bridgehead atoms. The highest BCUT2D eigenvalue weighted by Crippen LogP contribution is 2.39. The van der Waals surface area contributed by atoms with Crippen LogP contribution in [-0.4, -0.2) is 17.4 Å². The third-order valence-corrected chi connectivity index (χ3v) is 6.00. The van der Waals surface area contributed by atoms with Gasteiger partial charge in [0.2, 0.25) is 5.76 Å². The molecule has 2 aromatic heterocycles. The van der Waals surface area contributed by atoms with Gasteiger partial charge >= 0.3 is 0 Å². The van der Waals surface area contributed by atoms with E-state index in [2.05, 4.69) is 0 Å². The lowest BCUT2D eigenvalue weighted by Gasteiger charge is -2.24. The number of carbonyl (C=O) groups excluding carboxylic acids is 1. The van der Waals surface area contributed by atoms with Crippen molar-refractivity contribution < 1.29 is 18.4 Å². The molecule has 1 aliphatic rings. The number of hydrogen-bond donors (Lipinski definition) is 0. The van der Waals surface area contributed by atoms with E-state index < -0.39 is 6.04 Å².